The van der Waals surface area contributed by atoms with Gasteiger partial charge in [-0.25, -0.2) is 4.79 Å². The molecule has 0 radical (unpaired) electrons. The van der Waals surface area contributed by atoms with Gasteiger partial charge in [0, 0.05) is 11.0 Å². The first kappa shape index (κ1) is 15.0. The molecule has 0 saturated carbocycles. The normalized spacial score (nSPS) is 12.2. The highest BCUT2D eigenvalue weighted by Crippen LogP contribution is 2.31. The monoisotopic (exact) mass is 280 g/mol. The molecule has 0 aliphatic carbocycles. The summed E-state index contributed by atoms with van der Waals surface area (Å²) in [5, 5.41) is 8.91. The Hall–Kier alpha value is -2.35. The van der Waals surface area contributed by atoms with Gasteiger partial charge in [0.2, 0.25) is 0 Å². The van der Waals surface area contributed by atoms with Crippen molar-refractivity contribution in [3.63, 3.8) is 0 Å². The third-order valence-corrected chi connectivity index (χ3v) is 3.85. The summed E-state index contributed by atoms with van der Waals surface area (Å²) >= 11 is 0. The summed E-state index contributed by atoms with van der Waals surface area (Å²) < 4.78 is 0. The van der Waals surface area contributed by atoms with Crippen LogP contribution in [0.1, 0.15) is 37.5 Å². The minimum atomic E-state index is -0.885. The maximum Gasteiger partial charge on any atom is 0.331 e. The van der Waals surface area contributed by atoms with Crippen molar-refractivity contribution in [1.82, 2.24) is 0 Å². The molecule has 2 aromatic rings. The van der Waals surface area contributed by atoms with Crippen molar-refractivity contribution >= 4 is 12.0 Å². The van der Waals surface area contributed by atoms with E-state index in [1.807, 2.05) is 30.3 Å². The van der Waals surface area contributed by atoms with E-state index in [1.165, 1.54) is 11.1 Å². The number of benzene rings is 2. The predicted molar refractivity (Wildman–Crippen MR) is 86.3 cm³/mol. The van der Waals surface area contributed by atoms with E-state index in [4.69, 9.17) is 5.11 Å². The van der Waals surface area contributed by atoms with Crippen LogP contribution in [0.5, 0.6) is 0 Å². The van der Waals surface area contributed by atoms with Crippen molar-refractivity contribution in [2.24, 2.45) is 0 Å². The fraction of sp³-hybridized carbons (Fsp3) is 0.211. The first-order valence-corrected chi connectivity index (χ1v) is 6.99. The van der Waals surface area contributed by atoms with Gasteiger partial charge in [0.05, 0.1) is 0 Å². The fourth-order valence-corrected chi connectivity index (χ4v) is 2.33. The van der Waals surface area contributed by atoms with E-state index in [9.17, 15) is 4.79 Å². The number of rotatable bonds is 4. The molecule has 0 aliphatic heterocycles. The Morgan fingerprint density at radius 3 is 2.00 bits per heavy atom. The van der Waals surface area contributed by atoms with Gasteiger partial charge in [-0.2, -0.15) is 0 Å². The van der Waals surface area contributed by atoms with E-state index in [0.29, 0.717) is 5.57 Å². The molecule has 0 amide bonds. The molecule has 0 heterocycles. The molecule has 2 heteroatoms. The zero-order valence-electron chi connectivity index (χ0n) is 12.6. The summed E-state index contributed by atoms with van der Waals surface area (Å²) in [6.45, 7) is 5.98. The Bertz CT molecular complexity index is 650. The average Bonchev–Trinajstić information content (AvgIpc) is 2.48. The van der Waals surface area contributed by atoms with Gasteiger partial charge in [-0.3, -0.25) is 0 Å². The van der Waals surface area contributed by atoms with E-state index in [2.05, 4.69) is 38.1 Å². The molecule has 2 aromatic carbocycles. The molecule has 0 fully saturated rings. The van der Waals surface area contributed by atoms with Crippen LogP contribution in [0.4, 0.5) is 0 Å². The van der Waals surface area contributed by atoms with Crippen LogP contribution < -0.4 is 0 Å². The van der Waals surface area contributed by atoms with E-state index >= 15 is 0 Å². The number of carboxylic acids is 1. The molecule has 0 saturated heterocycles. The first-order valence-electron chi connectivity index (χ1n) is 6.99. The molecule has 2 rings (SSSR count). The van der Waals surface area contributed by atoms with Crippen molar-refractivity contribution in [3.8, 4) is 0 Å². The molecular weight excluding hydrogens is 260 g/mol. The van der Waals surface area contributed by atoms with Gasteiger partial charge in [0.15, 0.2) is 0 Å². The summed E-state index contributed by atoms with van der Waals surface area (Å²) in [4.78, 5) is 10.8. The minimum Gasteiger partial charge on any atom is -0.478 e. The molecular formula is C19H20O2. The lowest BCUT2D eigenvalue weighted by molar-refractivity contribution is -0.132. The standard InChI is InChI=1S/C19H20O2/c1-14(18(20)21)13-15-9-11-17(12-10-15)19(2,3)16-7-5-4-6-8-16/h4-13H,1-3H3,(H,20,21). The van der Waals surface area contributed by atoms with Crippen LogP contribution >= 0.6 is 0 Å². The lowest BCUT2D eigenvalue weighted by Gasteiger charge is -2.26. The van der Waals surface area contributed by atoms with Gasteiger partial charge in [-0.15, -0.1) is 0 Å². The Labute approximate surface area is 125 Å². The Morgan fingerprint density at radius 2 is 1.48 bits per heavy atom. The number of hydrogen-bond acceptors (Lipinski definition) is 1. The molecule has 2 nitrogen and oxygen atoms in total. The van der Waals surface area contributed by atoms with Crippen LogP contribution in [0.3, 0.4) is 0 Å². The largest absolute Gasteiger partial charge is 0.478 e. The molecule has 0 spiro atoms. The second-order valence-corrected chi connectivity index (χ2v) is 5.75. The van der Waals surface area contributed by atoms with Crippen molar-refractivity contribution in [2.75, 3.05) is 0 Å². The third kappa shape index (κ3) is 3.40. The molecule has 0 aromatic heterocycles. The van der Waals surface area contributed by atoms with Gasteiger partial charge >= 0.3 is 5.97 Å². The van der Waals surface area contributed by atoms with Crippen LogP contribution in [0, 0.1) is 0 Å². The molecule has 108 valence electrons. The second kappa shape index (κ2) is 5.96. The van der Waals surface area contributed by atoms with Gasteiger partial charge in [0.25, 0.3) is 0 Å². The van der Waals surface area contributed by atoms with Crippen LogP contribution in [0.15, 0.2) is 60.2 Å². The van der Waals surface area contributed by atoms with Crippen molar-refractivity contribution in [1.29, 1.82) is 0 Å². The second-order valence-electron chi connectivity index (χ2n) is 5.75. The maximum absolute atomic E-state index is 10.8. The van der Waals surface area contributed by atoms with Gasteiger partial charge in [-0.05, 0) is 29.7 Å². The molecule has 0 unspecified atom stereocenters. The molecule has 1 N–H and O–H groups in total. The van der Waals surface area contributed by atoms with Crippen LogP contribution in [0.2, 0.25) is 0 Å². The topological polar surface area (TPSA) is 37.3 Å². The summed E-state index contributed by atoms with van der Waals surface area (Å²) in [7, 11) is 0. The highest BCUT2D eigenvalue weighted by Gasteiger charge is 2.22. The number of aliphatic carboxylic acids is 1. The van der Waals surface area contributed by atoms with Crippen molar-refractivity contribution in [2.45, 2.75) is 26.2 Å². The van der Waals surface area contributed by atoms with Crippen molar-refractivity contribution in [3.05, 3.63) is 76.9 Å². The van der Waals surface area contributed by atoms with E-state index < -0.39 is 5.97 Å². The summed E-state index contributed by atoms with van der Waals surface area (Å²) in [5.41, 5.74) is 3.63. The third-order valence-electron chi connectivity index (χ3n) is 3.85. The fourth-order valence-electron chi connectivity index (χ4n) is 2.33. The quantitative estimate of drug-likeness (QED) is 0.837. The van der Waals surface area contributed by atoms with Crippen LogP contribution in [-0.2, 0) is 10.2 Å². The molecule has 0 atom stereocenters. The Kier molecular flexibility index (Phi) is 4.27. The van der Waals surface area contributed by atoms with Crippen LogP contribution in [-0.4, -0.2) is 11.1 Å². The predicted octanol–water partition coefficient (Wildman–Crippen LogP) is 4.50. The Morgan fingerprint density at radius 1 is 0.952 bits per heavy atom. The summed E-state index contributed by atoms with van der Waals surface area (Å²) in [6.07, 6.45) is 1.68. The lowest BCUT2D eigenvalue weighted by atomic mass is 9.78. The molecule has 21 heavy (non-hydrogen) atoms. The van der Waals surface area contributed by atoms with Gasteiger partial charge < -0.3 is 5.11 Å². The summed E-state index contributed by atoms with van der Waals surface area (Å²) in [5.74, 6) is -0.885. The maximum atomic E-state index is 10.8. The molecule has 0 bridgehead atoms. The van der Waals surface area contributed by atoms with E-state index in [1.54, 1.807) is 13.0 Å². The Balaban J connectivity index is 2.31. The summed E-state index contributed by atoms with van der Waals surface area (Å²) in [6, 6.07) is 18.4. The average molecular weight is 280 g/mol. The molecule has 0 aliphatic rings. The minimum absolute atomic E-state index is 0.0780. The zero-order chi connectivity index (χ0) is 15.5. The zero-order valence-corrected chi connectivity index (χ0v) is 12.6. The van der Waals surface area contributed by atoms with Gasteiger partial charge in [-0.1, -0.05) is 68.4 Å². The van der Waals surface area contributed by atoms with Crippen molar-refractivity contribution < 1.29 is 9.90 Å². The lowest BCUT2D eigenvalue weighted by Crippen LogP contribution is -2.18. The van der Waals surface area contributed by atoms with E-state index in [0.717, 1.165) is 5.56 Å². The first-order chi connectivity index (χ1) is 9.91. The number of hydrogen-bond donors (Lipinski definition) is 1. The SMILES string of the molecule is CC(=Cc1ccc(C(C)(C)c2ccccc2)cc1)C(=O)O. The van der Waals surface area contributed by atoms with Crippen LogP contribution in [0.25, 0.3) is 6.08 Å². The highest BCUT2D eigenvalue weighted by atomic mass is 16.4. The van der Waals surface area contributed by atoms with E-state index in [-0.39, 0.29) is 5.41 Å². The van der Waals surface area contributed by atoms with Gasteiger partial charge in [0.1, 0.15) is 0 Å². The number of carboxylic acid groups (broad SMARTS) is 1. The smallest absolute Gasteiger partial charge is 0.331 e. The number of carbonyl (C=O) groups is 1. The highest BCUT2D eigenvalue weighted by molar-refractivity contribution is 5.91.